The first-order chi connectivity index (χ1) is 15.5. The smallest absolute Gasteiger partial charge is 0.326 e. The number of aliphatic carboxylic acids is 2. The van der Waals surface area contributed by atoms with Gasteiger partial charge in [0.25, 0.3) is 0 Å². The number of carboxylic acid groups (broad SMARTS) is 2. The molecule has 5 atom stereocenters. The number of hydrogen-bond acceptors (Lipinski definition) is 8. The second kappa shape index (κ2) is 15.9. The normalized spacial score (nSPS) is 15.4. The highest BCUT2D eigenvalue weighted by molar-refractivity contribution is 5.94. The van der Waals surface area contributed by atoms with Crippen LogP contribution in [0.1, 0.15) is 52.4 Å². The van der Waals surface area contributed by atoms with Crippen LogP contribution in [0.5, 0.6) is 0 Å². The number of rotatable bonds is 17. The summed E-state index contributed by atoms with van der Waals surface area (Å²) in [7, 11) is 0. The third kappa shape index (κ3) is 11.6. The molecule has 13 nitrogen and oxygen atoms in total. The number of carboxylic acids is 2. The largest absolute Gasteiger partial charge is 0.481 e. The molecular formula is C20H37N5O8. The number of hydrogen-bond donors (Lipinski definition) is 8. The summed E-state index contributed by atoms with van der Waals surface area (Å²) in [6, 6.07) is -4.93. The van der Waals surface area contributed by atoms with Gasteiger partial charge in [-0.1, -0.05) is 20.3 Å². The Morgan fingerprint density at radius 2 is 1.39 bits per heavy atom. The van der Waals surface area contributed by atoms with Crippen LogP contribution < -0.4 is 27.4 Å². The van der Waals surface area contributed by atoms with Crippen LogP contribution in [-0.2, 0) is 24.0 Å². The van der Waals surface area contributed by atoms with Gasteiger partial charge in [-0.25, -0.2) is 4.79 Å². The van der Waals surface area contributed by atoms with Crippen molar-refractivity contribution in [3.8, 4) is 0 Å². The maximum atomic E-state index is 12.8. The first-order valence-corrected chi connectivity index (χ1v) is 10.9. The van der Waals surface area contributed by atoms with Gasteiger partial charge in [0, 0.05) is 6.42 Å². The van der Waals surface area contributed by atoms with Crippen molar-refractivity contribution in [2.24, 2.45) is 17.4 Å². The number of carbonyl (C=O) groups excluding carboxylic acids is 3. The van der Waals surface area contributed by atoms with Gasteiger partial charge in [-0.3, -0.25) is 19.2 Å². The minimum absolute atomic E-state index is 0.132. The lowest BCUT2D eigenvalue weighted by Crippen LogP contribution is -2.58. The van der Waals surface area contributed by atoms with Crippen LogP contribution in [0.15, 0.2) is 0 Å². The Bertz CT molecular complexity index is 675. The molecule has 0 bridgehead atoms. The predicted octanol–water partition coefficient (Wildman–Crippen LogP) is -2.12. The Hall–Kier alpha value is -2.77. The number of nitrogens with one attached hydrogen (secondary N) is 3. The zero-order chi connectivity index (χ0) is 25.6. The summed E-state index contributed by atoms with van der Waals surface area (Å²) in [6.07, 6.45) is 1.06. The van der Waals surface area contributed by atoms with Crippen LogP contribution >= 0.6 is 0 Å². The molecule has 0 aliphatic heterocycles. The lowest BCUT2D eigenvalue weighted by atomic mass is 9.98. The highest BCUT2D eigenvalue weighted by Gasteiger charge is 2.30. The Balaban J connectivity index is 5.28. The number of unbranched alkanes of at least 4 members (excludes halogenated alkanes) is 1. The second-order valence-corrected chi connectivity index (χ2v) is 7.83. The van der Waals surface area contributed by atoms with E-state index in [4.69, 9.17) is 21.7 Å². The Kier molecular flexibility index (Phi) is 14.6. The average Bonchev–Trinajstić information content (AvgIpc) is 2.77. The second-order valence-electron chi connectivity index (χ2n) is 7.83. The lowest BCUT2D eigenvalue weighted by Gasteiger charge is -2.25. The summed E-state index contributed by atoms with van der Waals surface area (Å²) >= 11 is 0. The molecule has 3 amide bonds. The third-order valence-electron chi connectivity index (χ3n) is 5.22. The third-order valence-corrected chi connectivity index (χ3v) is 5.22. The number of carbonyl (C=O) groups is 5. The first kappa shape index (κ1) is 30.2. The van der Waals surface area contributed by atoms with Crippen molar-refractivity contribution in [3.63, 3.8) is 0 Å². The van der Waals surface area contributed by atoms with E-state index in [0.717, 1.165) is 0 Å². The van der Waals surface area contributed by atoms with Gasteiger partial charge >= 0.3 is 11.9 Å². The summed E-state index contributed by atoms with van der Waals surface area (Å²) < 4.78 is 0. The molecule has 10 N–H and O–H groups in total. The molecule has 190 valence electrons. The maximum Gasteiger partial charge on any atom is 0.326 e. The first-order valence-electron chi connectivity index (χ1n) is 10.9. The molecule has 0 aliphatic rings. The molecule has 0 fully saturated rings. The van der Waals surface area contributed by atoms with E-state index in [-0.39, 0.29) is 18.8 Å². The van der Waals surface area contributed by atoms with E-state index in [0.29, 0.717) is 25.8 Å². The zero-order valence-electron chi connectivity index (χ0n) is 19.1. The fourth-order valence-electron chi connectivity index (χ4n) is 2.81. The van der Waals surface area contributed by atoms with E-state index in [2.05, 4.69) is 16.0 Å². The van der Waals surface area contributed by atoms with E-state index in [1.165, 1.54) is 0 Å². The highest BCUT2D eigenvalue weighted by atomic mass is 16.4. The summed E-state index contributed by atoms with van der Waals surface area (Å²) in [6.45, 7) is 3.19. The highest BCUT2D eigenvalue weighted by Crippen LogP contribution is 2.08. The minimum atomic E-state index is -1.52. The fraction of sp³-hybridized carbons (Fsp3) is 0.750. The average molecular weight is 476 g/mol. The van der Waals surface area contributed by atoms with E-state index < -0.39 is 66.9 Å². The van der Waals surface area contributed by atoms with Gasteiger partial charge in [0.2, 0.25) is 17.7 Å². The number of aliphatic hydroxyl groups is 1. The van der Waals surface area contributed by atoms with E-state index in [9.17, 15) is 29.1 Å². The Labute approximate surface area is 192 Å². The zero-order valence-corrected chi connectivity index (χ0v) is 19.1. The molecule has 0 aromatic heterocycles. The van der Waals surface area contributed by atoms with Gasteiger partial charge in [0.05, 0.1) is 12.6 Å². The molecule has 0 aliphatic carbocycles. The molecule has 0 radical (unpaired) electrons. The molecule has 0 heterocycles. The van der Waals surface area contributed by atoms with Gasteiger partial charge in [0.15, 0.2) is 0 Å². The van der Waals surface area contributed by atoms with Crippen LogP contribution in [0.2, 0.25) is 0 Å². The minimum Gasteiger partial charge on any atom is -0.481 e. The van der Waals surface area contributed by atoms with Gasteiger partial charge in [-0.2, -0.15) is 0 Å². The molecule has 13 heteroatoms. The molecule has 0 saturated carbocycles. The summed E-state index contributed by atoms with van der Waals surface area (Å²) in [5.74, 6) is -5.14. The van der Waals surface area contributed by atoms with Crippen molar-refractivity contribution in [2.75, 3.05) is 13.2 Å². The predicted molar refractivity (Wildman–Crippen MR) is 118 cm³/mol. The molecule has 0 aromatic rings. The van der Waals surface area contributed by atoms with Crippen LogP contribution in [0.3, 0.4) is 0 Å². The van der Waals surface area contributed by atoms with Gasteiger partial charge < -0.3 is 42.7 Å². The molecule has 0 rings (SSSR count). The van der Waals surface area contributed by atoms with Gasteiger partial charge in [0.1, 0.15) is 18.1 Å². The summed E-state index contributed by atoms with van der Waals surface area (Å²) in [5, 5.41) is 34.4. The number of amides is 3. The molecular weight excluding hydrogens is 438 g/mol. The van der Waals surface area contributed by atoms with E-state index in [1.807, 2.05) is 6.92 Å². The lowest BCUT2D eigenvalue weighted by molar-refractivity contribution is -0.143. The topological polar surface area (TPSA) is 234 Å². The Morgan fingerprint density at radius 1 is 0.848 bits per heavy atom. The van der Waals surface area contributed by atoms with Crippen molar-refractivity contribution < 1.29 is 39.3 Å². The van der Waals surface area contributed by atoms with Crippen LogP contribution in [-0.4, -0.2) is 82.3 Å². The van der Waals surface area contributed by atoms with Crippen molar-refractivity contribution in [3.05, 3.63) is 0 Å². The Morgan fingerprint density at radius 3 is 1.88 bits per heavy atom. The standard InChI is InChI=1S/C20H37N5O8/c1-3-11(2)16(22)19(31)23-12(6-4-5-9-21)17(29)25-14(10-26)18(30)24-13(20(32)33)7-8-15(27)28/h11-14,16,26H,3-10,21-22H2,1-2H3,(H,23,31)(H,24,30)(H,25,29)(H,27,28)(H,32,33). The van der Waals surface area contributed by atoms with Crippen molar-refractivity contribution >= 4 is 29.7 Å². The molecule has 33 heavy (non-hydrogen) atoms. The van der Waals surface area contributed by atoms with Crippen molar-refractivity contribution in [2.45, 2.75) is 76.5 Å². The number of aliphatic hydroxyl groups excluding tert-OH is 1. The van der Waals surface area contributed by atoms with Gasteiger partial charge in [-0.15, -0.1) is 0 Å². The van der Waals surface area contributed by atoms with Crippen LogP contribution in [0.4, 0.5) is 0 Å². The monoisotopic (exact) mass is 475 g/mol. The quantitative estimate of drug-likeness (QED) is 0.106. The SMILES string of the molecule is CCC(C)C(N)C(=O)NC(CCCCN)C(=O)NC(CO)C(=O)NC(CCC(=O)O)C(=O)O. The summed E-state index contributed by atoms with van der Waals surface area (Å²) in [4.78, 5) is 59.5. The van der Waals surface area contributed by atoms with E-state index >= 15 is 0 Å². The van der Waals surface area contributed by atoms with Crippen molar-refractivity contribution in [1.82, 2.24) is 16.0 Å². The van der Waals surface area contributed by atoms with Gasteiger partial charge in [-0.05, 0) is 38.1 Å². The van der Waals surface area contributed by atoms with Crippen molar-refractivity contribution in [1.29, 1.82) is 0 Å². The molecule has 0 aromatic carbocycles. The molecule has 0 saturated heterocycles. The maximum absolute atomic E-state index is 12.8. The summed E-state index contributed by atoms with van der Waals surface area (Å²) in [5.41, 5.74) is 11.4. The van der Waals surface area contributed by atoms with E-state index in [1.54, 1.807) is 6.92 Å². The fourth-order valence-corrected chi connectivity index (χ4v) is 2.81. The molecule has 0 spiro atoms. The number of nitrogens with two attached hydrogens (primary N) is 2. The van der Waals surface area contributed by atoms with Crippen LogP contribution in [0, 0.1) is 5.92 Å². The molecule has 5 unspecified atom stereocenters. The van der Waals surface area contributed by atoms with Crippen LogP contribution in [0.25, 0.3) is 0 Å².